The van der Waals surface area contributed by atoms with Crippen molar-refractivity contribution in [1.82, 2.24) is 5.43 Å². The lowest BCUT2D eigenvalue weighted by Crippen LogP contribution is -2.43. The fourth-order valence-corrected chi connectivity index (χ4v) is 3.44. The molecule has 3 heteroatoms. The topological polar surface area (TPSA) is 38.0 Å². The summed E-state index contributed by atoms with van der Waals surface area (Å²) in [5.41, 5.74) is 4.44. The Balaban J connectivity index is 1.98. The average Bonchev–Trinajstić information content (AvgIpc) is 2.38. The van der Waals surface area contributed by atoms with Gasteiger partial charge in [0.15, 0.2) is 0 Å². The number of nitrogens with two attached hydrogens (primary N) is 1. The van der Waals surface area contributed by atoms with E-state index in [0.29, 0.717) is 6.04 Å². The second kappa shape index (κ2) is 6.87. The van der Waals surface area contributed by atoms with Crippen molar-refractivity contribution in [3.63, 3.8) is 0 Å². The molecule has 1 fully saturated rings. The Morgan fingerprint density at radius 3 is 2.67 bits per heavy atom. The molecule has 1 aromatic rings. The van der Waals surface area contributed by atoms with Gasteiger partial charge in [-0.05, 0) is 71.4 Å². The van der Waals surface area contributed by atoms with E-state index in [1.165, 1.54) is 34.8 Å². The molecule has 1 aromatic carbocycles. The first-order chi connectivity index (χ1) is 8.69. The third-order valence-electron chi connectivity index (χ3n) is 4.13. The number of hydrazine groups is 1. The average molecular weight is 358 g/mol. The Morgan fingerprint density at radius 2 is 2.06 bits per heavy atom. The number of nitrogens with one attached hydrogen (secondary N) is 1. The van der Waals surface area contributed by atoms with Crippen molar-refractivity contribution in [2.45, 2.75) is 45.1 Å². The van der Waals surface area contributed by atoms with Crippen LogP contribution in [0.25, 0.3) is 0 Å². The molecular formula is C15H23IN2. The maximum absolute atomic E-state index is 5.78. The van der Waals surface area contributed by atoms with Gasteiger partial charge in [0.1, 0.15) is 0 Å². The number of hydrogen-bond acceptors (Lipinski definition) is 2. The molecular weight excluding hydrogens is 335 g/mol. The van der Waals surface area contributed by atoms with Gasteiger partial charge in [0, 0.05) is 9.61 Å². The molecule has 0 spiro atoms. The normalized spacial score (nSPS) is 25.9. The third kappa shape index (κ3) is 3.93. The minimum atomic E-state index is 0.424. The standard InChI is InChI=1S/C15H23IN2/c1-11-3-2-4-13(9-11)15(18-17)10-12-5-7-14(16)8-6-12/h5-8,11,13,15,18H,2-4,9-10,17H2,1H3. The molecule has 0 radical (unpaired) electrons. The van der Waals surface area contributed by atoms with E-state index in [1.54, 1.807) is 0 Å². The molecule has 0 bridgehead atoms. The van der Waals surface area contributed by atoms with E-state index < -0.39 is 0 Å². The van der Waals surface area contributed by atoms with Gasteiger partial charge in [-0.15, -0.1) is 0 Å². The lowest BCUT2D eigenvalue weighted by molar-refractivity contribution is 0.222. The first-order valence-electron chi connectivity index (χ1n) is 6.89. The van der Waals surface area contributed by atoms with Gasteiger partial charge in [-0.3, -0.25) is 11.3 Å². The summed E-state index contributed by atoms with van der Waals surface area (Å²) in [6.07, 6.45) is 6.43. The van der Waals surface area contributed by atoms with E-state index >= 15 is 0 Å². The van der Waals surface area contributed by atoms with Gasteiger partial charge < -0.3 is 0 Å². The smallest absolute Gasteiger partial charge is 0.0279 e. The zero-order valence-electron chi connectivity index (χ0n) is 11.0. The molecule has 1 aliphatic carbocycles. The largest absolute Gasteiger partial charge is 0.271 e. The van der Waals surface area contributed by atoms with Gasteiger partial charge in [0.25, 0.3) is 0 Å². The van der Waals surface area contributed by atoms with Gasteiger partial charge in [-0.25, -0.2) is 0 Å². The monoisotopic (exact) mass is 358 g/mol. The Labute approximate surface area is 124 Å². The van der Waals surface area contributed by atoms with Crippen LogP contribution in [0.3, 0.4) is 0 Å². The molecule has 0 saturated heterocycles. The van der Waals surface area contributed by atoms with Crippen LogP contribution in [0.2, 0.25) is 0 Å². The number of rotatable bonds is 4. The van der Waals surface area contributed by atoms with Crippen LogP contribution in [0, 0.1) is 15.4 Å². The van der Waals surface area contributed by atoms with Crippen LogP contribution in [0.4, 0.5) is 0 Å². The number of benzene rings is 1. The number of hydrogen-bond donors (Lipinski definition) is 2. The Kier molecular flexibility index (Phi) is 5.45. The summed E-state index contributed by atoms with van der Waals surface area (Å²) in [6, 6.07) is 9.21. The van der Waals surface area contributed by atoms with Crippen LogP contribution in [0.15, 0.2) is 24.3 Å². The highest BCUT2D eigenvalue weighted by atomic mass is 127. The Morgan fingerprint density at radius 1 is 1.33 bits per heavy atom. The first-order valence-corrected chi connectivity index (χ1v) is 7.97. The summed E-state index contributed by atoms with van der Waals surface area (Å²) in [4.78, 5) is 0. The molecule has 0 amide bonds. The van der Waals surface area contributed by atoms with Gasteiger partial charge in [0.2, 0.25) is 0 Å². The van der Waals surface area contributed by atoms with Crippen LogP contribution < -0.4 is 11.3 Å². The van der Waals surface area contributed by atoms with Gasteiger partial charge in [-0.1, -0.05) is 31.9 Å². The second-order valence-electron chi connectivity index (χ2n) is 5.64. The van der Waals surface area contributed by atoms with E-state index in [4.69, 9.17) is 5.84 Å². The highest BCUT2D eigenvalue weighted by Crippen LogP contribution is 2.31. The van der Waals surface area contributed by atoms with Gasteiger partial charge in [-0.2, -0.15) is 0 Å². The molecule has 1 aliphatic rings. The number of halogens is 1. The fourth-order valence-electron chi connectivity index (χ4n) is 3.08. The summed E-state index contributed by atoms with van der Waals surface area (Å²) in [7, 11) is 0. The summed E-state index contributed by atoms with van der Waals surface area (Å²) >= 11 is 2.35. The SMILES string of the molecule is CC1CCCC(C(Cc2ccc(I)cc2)NN)C1. The van der Waals surface area contributed by atoms with Crippen LogP contribution in [-0.2, 0) is 6.42 Å². The van der Waals surface area contributed by atoms with Crippen molar-refractivity contribution in [2.24, 2.45) is 17.7 Å². The van der Waals surface area contributed by atoms with Crippen molar-refractivity contribution in [2.75, 3.05) is 0 Å². The van der Waals surface area contributed by atoms with Crippen molar-refractivity contribution in [3.05, 3.63) is 33.4 Å². The Bertz CT molecular complexity index is 363. The molecule has 3 atom stereocenters. The molecule has 1 saturated carbocycles. The molecule has 18 heavy (non-hydrogen) atoms. The zero-order chi connectivity index (χ0) is 13.0. The highest BCUT2D eigenvalue weighted by Gasteiger charge is 2.26. The second-order valence-corrected chi connectivity index (χ2v) is 6.88. The predicted molar refractivity (Wildman–Crippen MR) is 85.1 cm³/mol. The van der Waals surface area contributed by atoms with Crippen molar-refractivity contribution >= 4 is 22.6 Å². The molecule has 2 rings (SSSR count). The maximum atomic E-state index is 5.78. The van der Waals surface area contributed by atoms with Crippen molar-refractivity contribution in [1.29, 1.82) is 0 Å². The van der Waals surface area contributed by atoms with Crippen molar-refractivity contribution in [3.8, 4) is 0 Å². The molecule has 0 aliphatic heterocycles. The summed E-state index contributed by atoms with van der Waals surface area (Å²) in [6.45, 7) is 2.37. The van der Waals surface area contributed by atoms with Crippen LogP contribution in [0.5, 0.6) is 0 Å². The van der Waals surface area contributed by atoms with E-state index in [1.807, 2.05) is 0 Å². The minimum absolute atomic E-state index is 0.424. The molecule has 3 unspecified atom stereocenters. The molecule has 2 nitrogen and oxygen atoms in total. The Hall–Kier alpha value is -0.130. The van der Waals surface area contributed by atoms with Gasteiger partial charge in [0.05, 0.1) is 0 Å². The molecule has 0 heterocycles. The summed E-state index contributed by atoms with van der Waals surface area (Å²) < 4.78 is 1.29. The molecule has 100 valence electrons. The fraction of sp³-hybridized carbons (Fsp3) is 0.600. The lowest BCUT2D eigenvalue weighted by atomic mass is 9.77. The summed E-state index contributed by atoms with van der Waals surface area (Å²) in [5.74, 6) is 7.37. The van der Waals surface area contributed by atoms with Crippen LogP contribution in [0.1, 0.15) is 38.2 Å². The van der Waals surface area contributed by atoms with E-state index in [-0.39, 0.29) is 0 Å². The van der Waals surface area contributed by atoms with E-state index in [2.05, 4.69) is 59.2 Å². The quantitative estimate of drug-likeness (QED) is 0.491. The highest BCUT2D eigenvalue weighted by molar-refractivity contribution is 14.1. The summed E-state index contributed by atoms with van der Waals surface area (Å²) in [5, 5.41) is 0. The molecule has 3 N–H and O–H groups in total. The first kappa shape index (κ1) is 14.3. The van der Waals surface area contributed by atoms with E-state index in [9.17, 15) is 0 Å². The van der Waals surface area contributed by atoms with Crippen molar-refractivity contribution < 1.29 is 0 Å². The van der Waals surface area contributed by atoms with E-state index in [0.717, 1.165) is 18.3 Å². The molecule has 0 aromatic heterocycles. The minimum Gasteiger partial charge on any atom is -0.271 e. The maximum Gasteiger partial charge on any atom is 0.0279 e. The third-order valence-corrected chi connectivity index (χ3v) is 4.85. The van der Waals surface area contributed by atoms with Crippen LogP contribution >= 0.6 is 22.6 Å². The van der Waals surface area contributed by atoms with Gasteiger partial charge >= 0.3 is 0 Å². The zero-order valence-corrected chi connectivity index (χ0v) is 13.2. The predicted octanol–water partition coefficient (Wildman–Crippen LogP) is 3.49. The van der Waals surface area contributed by atoms with Crippen LogP contribution in [-0.4, -0.2) is 6.04 Å². The lowest BCUT2D eigenvalue weighted by Gasteiger charge is -2.33.